The molecule has 3 aromatic heterocycles. The minimum Gasteiger partial charge on any atom is -0.409 e. The predicted molar refractivity (Wildman–Crippen MR) is 135 cm³/mol. The van der Waals surface area contributed by atoms with Crippen LogP contribution in [-0.4, -0.2) is 61.3 Å². The molecule has 3 N–H and O–H groups in total. The van der Waals surface area contributed by atoms with Crippen LogP contribution in [0.15, 0.2) is 23.6 Å². The first-order valence-electron chi connectivity index (χ1n) is 12.2. The van der Waals surface area contributed by atoms with Crippen LogP contribution in [0.1, 0.15) is 45.4 Å². The Morgan fingerprint density at radius 1 is 1.20 bits per heavy atom. The number of halogens is 1. The van der Waals surface area contributed by atoms with Crippen molar-refractivity contribution in [3.63, 3.8) is 0 Å². The Hall–Kier alpha value is -2.98. The zero-order valence-electron chi connectivity index (χ0n) is 20.1. The smallest absolute Gasteiger partial charge is 0.208 e. The van der Waals surface area contributed by atoms with Crippen LogP contribution in [0.3, 0.4) is 0 Å². The summed E-state index contributed by atoms with van der Waals surface area (Å²) in [5, 5.41) is 12.9. The second-order valence-corrected chi connectivity index (χ2v) is 10.1. The van der Waals surface area contributed by atoms with Gasteiger partial charge in [0, 0.05) is 31.0 Å². The van der Waals surface area contributed by atoms with Gasteiger partial charge in [0.15, 0.2) is 5.65 Å². The number of fused-ring (bicyclic) bond motifs is 1. The fourth-order valence-corrected chi connectivity index (χ4v) is 5.29. The van der Waals surface area contributed by atoms with Crippen LogP contribution in [0.5, 0.6) is 0 Å². The predicted octanol–water partition coefficient (Wildman–Crippen LogP) is 3.69. The number of ether oxygens (including phenoxy) is 1. The largest absolute Gasteiger partial charge is 0.409 e. The highest BCUT2D eigenvalue weighted by molar-refractivity contribution is 6.30. The number of morpholine rings is 1. The van der Waals surface area contributed by atoms with E-state index in [1.165, 1.54) is 25.7 Å². The number of hydrogen-bond donors (Lipinski definition) is 2. The van der Waals surface area contributed by atoms with Gasteiger partial charge < -0.3 is 25.1 Å². The summed E-state index contributed by atoms with van der Waals surface area (Å²) < 4.78 is 7.94. The number of pyridine rings is 1. The van der Waals surface area contributed by atoms with Gasteiger partial charge in [0.2, 0.25) is 17.6 Å². The van der Waals surface area contributed by atoms with E-state index in [2.05, 4.69) is 38.4 Å². The average molecular weight is 499 g/mol. The number of aromatic nitrogens is 5. The molecule has 0 bridgehead atoms. The summed E-state index contributed by atoms with van der Waals surface area (Å²) in [5.74, 6) is 2.07. The Morgan fingerprint density at radius 2 is 2.00 bits per heavy atom. The Bertz CT molecular complexity index is 1240. The van der Waals surface area contributed by atoms with Crippen molar-refractivity contribution in [2.45, 2.75) is 52.1 Å². The maximum atomic E-state index is 9.30. The maximum absolute atomic E-state index is 9.30. The summed E-state index contributed by atoms with van der Waals surface area (Å²) in [7, 11) is 0. The minimum atomic E-state index is -0.180. The molecule has 0 spiro atoms. The van der Waals surface area contributed by atoms with Gasteiger partial charge in [-0.1, -0.05) is 36.5 Å². The fourth-order valence-electron chi connectivity index (χ4n) is 5.11. The molecule has 2 fully saturated rings. The third kappa shape index (κ3) is 4.77. The van der Waals surface area contributed by atoms with Crippen molar-refractivity contribution in [2.24, 2.45) is 22.7 Å². The van der Waals surface area contributed by atoms with E-state index < -0.39 is 0 Å². The molecule has 1 saturated heterocycles. The van der Waals surface area contributed by atoms with Gasteiger partial charge >= 0.3 is 0 Å². The first kappa shape index (κ1) is 23.7. The second kappa shape index (κ2) is 9.94. The Kier molecular flexibility index (Phi) is 6.75. The SMILES string of the molecule is C[C@@H]1COCCN1c1nc2nc(/C(N)=N/O)nc(-c3cncc(Cl)c3)c2n1C[C@H]1CC[C@H](C)CC1. The molecule has 0 unspecified atom stereocenters. The van der Waals surface area contributed by atoms with E-state index >= 15 is 0 Å². The highest BCUT2D eigenvalue weighted by atomic mass is 35.5. The van der Waals surface area contributed by atoms with Crippen LogP contribution in [0, 0.1) is 11.8 Å². The normalized spacial score (nSPS) is 23.7. The van der Waals surface area contributed by atoms with Crippen molar-refractivity contribution < 1.29 is 9.94 Å². The van der Waals surface area contributed by atoms with Crippen LogP contribution >= 0.6 is 11.6 Å². The van der Waals surface area contributed by atoms with Crippen LogP contribution in [0.25, 0.3) is 22.4 Å². The zero-order chi connectivity index (χ0) is 24.5. The molecule has 0 amide bonds. The molecular formula is C24H31ClN8O2. The number of nitrogens with zero attached hydrogens (tertiary/aromatic N) is 7. The lowest BCUT2D eigenvalue weighted by molar-refractivity contribution is 0.0976. The van der Waals surface area contributed by atoms with E-state index in [0.29, 0.717) is 35.5 Å². The molecular weight excluding hydrogens is 468 g/mol. The summed E-state index contributed by atoms with van der Waals surface area (Å²) in [6, 6.07) is 1.97. The molecule has 0 aromatic carbocycles. The molecule has 10 nitrogen and oxygen atoms in total. The Morgan fingerprint density at radius 3 is 2.71 bits per heavy atom. The zero-order valence-corrected chi connectivity index (χ0v) is 20.8. The first-order valence-corrected chi connectivity index (χ1v) is 12.5. The van der Waals surface area contributed by atoms with Crippen LogP contribution in [-0.2, 0) is 11.3 Å². The summed E-state index contributed by atoms with van der Waals surface area (Å²) in [5.41, 5.74) is 8.53. The van der Waals surface area contributed by atoms with Gasteiger partial charge in [-0.05, 0) is 37.7 Å². The summed E-state index contributed by atoms with van der Waals surface area (Å²) in [4.78, 5) is 20.8. The number of anilines is 1. The Balaban J connectivity index is 1.73. The van der Waals surface area contributed by atoms with Gasteiger partial charge in [-0.25, -0.2) is 9.97 Å². The van der Waals surface area contributed by atoms with Crippen LogP contribution in [0.2, 0.25) is 5.02 Å². The highest BCUT2D eigenvalue weighted by Crippen LogP contribution is 2.36. The third-order valence-electron chi connectivity index (χ3n) is 7.10. The number of nitrogens with two attached hydrogens (primary N) is 1. The van der Waals surface area contributed by atoms with Crippen molar-refractivity contribution in [3.8, 4) is 11.3 Å². The quantitative estimate of drug-likeness (QED) is 0.236. The molecule has 1 atom stereocenters. The van der Waals surface area contributed by atoms with Gasteiger partial charge in [0.1, 0.15) is 11.2 Å². The van der Waals surface area contributed by atoms with Gasteiger partial charge in [-0.15, -0.1) is 0 Å². The molecule has 5 rings (SSSR count). The molecule has 35 heavy (non-hydrogen) atoms. The monoisotopic (exact) mass is 498 g/mol. The van der Waals surface area contributed by atoms with E-state index in [9.17, 15) is 5.21 Å². The number of hydrogen-bond acceptors (Lipinski definition) is 8. The summed E-state index contributed by atoms with van der Waals surface area (Å²) in [6.07, 6.45) is 8.10. The first-order chi connectivity index (χ1) is 16.9. The molecule has 11 heteroatoms. The van der Waals surface area contributed by atoms with Crippen molar-refractivity contribution in [1.29, 1.82) is 0 Å². The Labute approximate surface area is 209 Å². The molecule has 0 radical (unpaired) electrons. The second-order valence-electron chi connectivity index (χ2n) is 9.71. The van der Waals surface area contributed by atoms with E-state index in [0.717, 1.165) is 36.0 Å². The van der Waals surface area contributed by atoms with Gasteiger partial charge in [-0.3, -0.25) is 4.98 Å². The van der Waals surface area contributed by atoms with Crippen molar-refractivity contribution in [1.82, 2.24) is 24.5 Å². The number of imidazole rings is 1. The summed E-state index contributed by atoms with van der Waals surface area (Å²) in [6.45, 7) is 7.30. The molecule has 1 aliphatic carbocycles. The standard InChI is InChI=1S/C24H31ClN8O2/c1-14-3-5-16(6-4-14)12-33-20-19(17-9-18(25)11-27-10-17)28-23(21(26)31-34)29-22(20)30-24(33)32-7-8-35-13-15(32)2/h9-11,14-16,34H,3-8,12-13H2,1-2H3,(H2,26,31)/t14-,15-,16-/m1/s1. The molecule has 3 aromatic rings. The fraction of sp³-hybridized carbons (Fsp3) is 0.542. The third-order valence-corrected chi connectivity index (χ3v) is 7.31. The van der Waals surface area contributed by atoms with Gasteiger partial charge in [-0.2, -0.15) is 4.98 Å². The van der Waals surface area contributed by atoms with Crippen LogP contribution < -0.4 is 10.6 Å². The molecule has 1 saturated carbocycles. The lowest BCUT2D eigenvalue weighted by atomic mass is 9.83. The minimum absolute atomic E-state index is 0.104. The lowest BCUT2D eigenvalue weighted by Crippen LogP contribution is -2.45. The van der Waals surface area contributed by atoms with Gasteiger partial charge in [0.05, 0.1) is 24.3 Å². The van der Waals surface area contributed by atoms with Crippen molar-refractivity contribution >= 4 is 34.5 Å². The molecule has 4 heterocycles. The van der Waals surface area contributed by atoms with Crippen molar-refractivity contribution in [3.05, 3.63) is 29.3 Å². The van der Waals surface area contributed by atoms with E-state index in [4.69, 9.17) is 32.0 Å². The average Bonchev–Trinajstić information content (AvgIpc) is 3.22. The maximum Gasteiger partial charge on any atom is 0.208 e. The highest BCUT2D eigenvalue weighted by Gasteiger charge is 2.30. The molecule has 1 aliphatic heterocycles. The number of rotatable bonds is 5. The lowest BCUT2D eigenvalue weighted by Gasteiger charge is -2.35. The topological polar surface area (TPSA) is 128 Å². The number of oxime groups is 1. The molecule has 2 aliphatic rings. The number of amidine groups is 1. The van der Waals surface area contributed by atoms with Crippen LogP contribution in [0.4, 0.5) is 5.95 Å². The van der Waals surface area contributed by atoms with Gasteiger partial charge in [0.25, 0.3) is 0 Å². The van der Waals surface area contributed by atoms with E-state index in [1.807, 2.05) is 6.07 Å². The van der Waals surface area contributed by atoms with E-state index in [-0.39, 0.29) is 17.7 Å². The molecule has 186 valence electrons. The van der Waals surface area contributed by atoms with Crippen molar-refractivity contribution in [2.75, 3.05) is 24.7 Å². The summed E-state index contributed by atoms with van der Waals surface area (Å²) >= 11 is 6.29. The van der Waals surface area contributed by atoms with E-state index in [1.54, 1.807) is 12.4 Å².